The zero-order valence-electron chi connectivity index (χ0n) is 6.85. The molecule has 1 saturated heterocycles. The first-order chi connectivity index (χ1) is 5.17. The van der Waals surface area contributed by atoms with Crippen LogP contribution in [0, 0.1) is 11.8 Å². The Bertz CT molecular complexity index is 163. The van der Waals surface area contributed by atoms with Crippen molar-refractivity contribution in [3.63, 3.8) is 0 Å². The van der Waals surface area contributed by atoms with E-state index in [1.54, 1.807) is 0 Å². The number of nitrogens with one attached hydrogen (secondary N) is 1. The molecule has 0 amide bonds. The Labute approximate surface area is 77.3 Å². The number of rotatable bonds is 0. The van der Waals surface area contributed by atoms with E-state index < -0.39 is 5.92 Å². The predicted octanol–water partition coefficient (Wildman–Crippen LogP) is 2.06. The lowest BCUT2D eigenvalue weighted by Gasteiger charge is -2.30. The standard InChI is InChI=1S/C8H13F2N.ClH/c9-8(10)2-1-6-4-11-5-7(6)3-8;/h6-7,11H,1-5H2;1H. The van der Waals surface area contributed by atoms with Crippen LogP contribution in [0.25, 0.3) is 0 Å². The summed E-state index contributed by atoms with van der Waals surface area (Å²) in [5.41, 5.74) is 0. The van der Waals surface area contributed by atoms with Gasteiger partial charge in [0.1, 0.15) is 0 Å². The average Bonchev–Trinajstić information content (AvgIpc) is 2.31. The molecule has 12 heavy (non-hydrogen) atoms. The summed E-state index contributed by atoms with van der Waals surface area (Å²) in [4.78, 5) is 0. The highest BCUT2D eigenvalue weighted by molar-refractivity contribution is 5.85. The van der Waals surface area contributed by atoms with Crippen LogP contribution >= 0.6 is 12.4 Å². The molecule has 1 aliphatic heterocycles. The molecule has 2 unspecified atom stereocenters. The van der Waals surface area contributed by atoms with Crippen molar-refractivity contribution in [3.05, 3.63) is 0 Å². The molecule has 0 radical (unpaired) electrons. The first kappa shape index (κ1) is 10.2. The summed E-state index contributed by atoms with van der Waals surface area (Å²) >= 11 is 0. The molecule has 1 N–H and O–H groups in total. The Balaban J connectivity index is 0.000000720. The van der Waals surface area contributed by atoms with Crippen LogP contribution in [0.1, 0.15) is 19.3 Å². The monoisotopic (exact) mass is 197 g/mol. The molecule has 2 aliphatic rings. The van der Waals surface area contributed by atoms with Gasteiger partial charge in [-0.3, -0.25) is 0 Å². The zero-order chi connectivity index (χ0) is 7.90. The summed E-state index contributed by atoms with van der Waals surface area (Å²) in [6, 6.07) is 0. The van der Waals surface area contributed by atoms with E-state index in [4.69, 9.17) is 0 Å². The Hall–Kier alpha value is 0.110. The van der Waals surface area contributed by atoms with Gasteiger partial charge in [-0.05, 0) is 31.3 Å². The van der Waals surface area contributed by atoms with Gasteiger partial charge in [-0.15, -0.1) is 12.4 Å². The molecule has 2 fully saturated rings. The summed E-state index contributed by atoms with van der Waals surface area (Å²) in [7, 11) is 0. The van der Waals surface area contributed by atoms with Gasteiger partial charge in [0, 0.05) is 12.8 Å². The molecule has 0 aromatic carbocycles. The second-order valence-corrected chi connectivity index (χ2v) is 3.78. The van der Waals surface area contributed by atoms with E-state index in [1.165, 1.54) is 0 Å². The van der Waals surface area contributed by atoms with Gasteiger partial charge in [-0.1, -0.05) is 0 Å². The molecule has 1 aliphatic carbocycles. The van der Waals surface area contributed by atoms with Crippen LogP contribution in [0.4, 0.5) is 8.78 Å². The molecule has 0 aromatic heterocycles. The fourth-order valence-electron chi connectivity index (χ4n) is 2.25. The zero-order valence-corrected chi connectivity index (χ0v) is 7.67. The lowest BCUT2D eigenvalue weighted by molar-refractivity contribution is -0.0601. The van der Waals surface area contributed by atoms with Crippen molar-refractivity contribution in [2.24, 2.45) is 11.8 Å². The first-order valence-electron chi connectivity index (χ1n) is 4.26. The summed E-state index contributed by atoms with van der Waals surface area (Å²) in [6.45, 7) is 1.76. The van der Waals surface area contributed by atoms with E-state index >= 15 is 0 Å². The van der Waals surface area contributed by atoms with Gasteiger partial charge < -0.3 is 5.32 Å². The molecule has 72 valence electrons. The minimum Gasteiger partial charge on any atom is -0.316 e. The van der Waals surface area contributed by atoms with Gasteiger partial charge in [0.2, 0.25) is 5.92 Å². The van der Waals surface area contributed by atoms with Crippen LogP contribution in [0.5, 0.6) is 0 Å². The summed E-state index contributed by atoms with van der Waals surface area (Å²) in [5, 5.41) is 3.17. The van der Waals surface area contributed by atoms with Crippen LogP contribution in [-0.4, -0.2) is 19.0 Å². The summed E-state index contributed by atoms with van der Waals surface area (Å²) in [5.74, 6) is -1.58. The molecule has 1 heterocycles. The first-order valence-corrected chi connectivity index (χ1v) is 4.26. The largest absolute Gasteiger partial charge is 0.316 e. The highest BCUT2D eigenvalue weighted by Gasteiger charge is 2.42. The maximum absolute atomic E-state index is 12.8. The third kappa shape index (κ3) is 1.88. The Morgan fingerprint density at radius 3 is 2.58 bits per heavy atom. The van der Waals surface area contributed by atoms with Gasteiger partial charge in [-0.2, -0.15) is 0 Å². The van der Waals surface area contributed by atoms with Crippen molar-refractivity contribution in [3.8, 4) is 0 Å². The molecule has 1 saturated carbocycles. The van der Waals surface area contributed by atoms with Crippen molar-refractivity contribution in [2.45, 2.75) is 25.2 Å². The fourth-order valence-corrected chi connectivity index (χ4v) is 2.25. The van der Waals surface area contributed by atoms with E-state index in [1.807, 2.05) is 0 Å². The van der Waals surface area contributed by atoms with E-state index in [-0.39, 0.29) is 31.2 Å². The number of hydrogen-bond donors (Lipinski definition) is 1. The molecule has 2 rings (SSSR count). The molecule has 0 spiro atoms. The fraction of sp³-hybridized carbons (Fsp3) is 1.00. The molecular formula is C8H14ClF2N. The smallest absolute Gasteiger partial charge is 0.248 e. The lowest BCUT2D eigenvalue weighted by atomic mass is 9.80. The quantitative estimate of drug-likeness (QED) is 0.627. The molecule has 0 bridgehead atoms. The van der Waals surface area contributed by atoms with E-state index in [0.717, 1.165) is 13.1 Å². The van der Waals surface area contributed by atoms with Crippen LogP contribution in [-0.2, 0) is 0 Å². The number of halogens is 3. The summed E-state index contributed by atoms with van der Waals surface area (Å²) < 4.78 is 25.6. The molecule has 2 atom stereocenters. The highest BCUT2D eigenvalue weighted by atomic mass is 35.5. The predicted molar refractivity (Wildman–Crippen MR) is 45.9 cm³/mol. The van der Waals surface area contributed by atoms with Gasteiger partial charge in [-0.25, -0.2) is 8.78 Å². The van der Waals surface area contributed by atoms with Crippen molar-refractivity contribution in [1.29, 1.82) is 0 Å². The molecule has 1 nitrogen and oxygen atoms in total. The van der Waals surface area contributed by atoms with Gasteiger partial charge in [0.05, 0.1) is 0 Å². The minimum atomic E-state index is -2.37. The molecule has 0 aromatic rings. The number of alkyl halides is 2. The molecular weight excluding hydrogens is 184 g/mol. The van der Waals surface area contributed by atoms with Gasteiger partial charge in [0.25, 0.3) is 0 Å². The third-order valence-electron chi connectivity index (χ3n) is 2.92. The third-order valence-corrected chi connectivity index (χ3v) is 2.92. The van der Waals surface area contributed by atoms with E-state index in [2.05, 4.69) is 5.32 Å². The Morgan fingerprint density at radius 2 is 1.83 bits per heavy atom. The van der Waals surface area contributed by atoms with E-state index in [0.29, 0.717) is 12.3 Å². The van der Waals surface area contributed by atoms with Crippen molar-refractivity contribution in [1.82, 2.24) is 5.32 Å². The average molecular weight is 198 g/mol. The van der Waals surface area contributed by atoms with Crippen LogP contribution in [0.15, 0.2) is 0 Å². The normalized spacial score (nSPS) is 38.5. The maximum atomic E-state index is 12.8. The van der Waals surface area contributed by atoms with Crippen molar-refractivity contribution in [2.75, 3.05) is 13.1 Å². The Kier molecular flexibility index (Phi) is 2.94. The number of fused-ring (bicyclic) bond motifs is 1. The van der Waals surface area contributed by atoms with Crippen LogP contribution in [0.2, 0.25) is 0 Å². The Morgan fingerprint density at radius 1 is 1.17 bits per heavy atom. The maximum Gasteiger partial charge on any atom is 0.248 e. The summed E-state index contributed by atoms with van der Waals surface area (Å²) in [6.07, 6.45) is 0.936. The molecule has 4 heteroatoms. The second kappa shape index (κ2) is 3.46. The van der Waals surface area contributed by atoms with Gasteiger partial charge >= 0.3 is 0 Å². The van der Waals surface area contributed by atoms with Crippen LogP contribution in [0.3, 0.4) is 0 Å². The topological polar surface area (TPSA) is 12.0 Å². The lowest BCUT2D eigenvalue weighted by Crippen LogP contribution is -2.31. The van der Waals surface area contributed by atoms with Gasteiger partial charge in [0.15, 0.2) is 0 Å². The van der Waals surface area contributed by atoms with Crippen molar-refractivity contribution >= 4 is 12.4 Å². The van der Waals surface area contributed by atoms with Crippen LogP contribution < -0.4 is 5.32 Å². The number of hydrogen-bond acceptors (Lipinski definition) is 1. The van der Waals surface area contributed by atoms with E-state index in [9.17, 15) is 8.78 Å². The highest BCUT2D eigenvalue weighted by Crippen LogP contribution is 2.41. The minimum absolute atomic E-state index is 0. The van der Waals surface area contributed by atoms with Crippen molar-refractivity contribution < 1.29 is 8.78 Å². The SMILES string of the molecule is Cl.FC1(F)CCC2CNCC2C1. The second-order valence-electron chi connectivity index (χ2n) is 3.78.